The number of allylic oxidation sites excluding steroid dienone is 1. The second-order valence-corrected chi connectivity index (χ2v) is 8.84. The second kappa shape index (κ2) is 10.3. The SMILES string of the molecule is CCc1ccc(-c2noc(C3=C(C)N(Cc4ccc(OC)cc4)C(=O)NC3c3ccc(F)cc3)n2)cc1. The van der Waals surface area contributed by atoms with E-state index in [4.69, 9.17) is 9.26 Å². The maximum atomic E-state index is 13.7. The van der Waals surface area contributed by atoms with Crippen LogP contribution >= 0.6 is 0 Å². The van der Waals surface area contributed by atoms with Crippen molar-refractivity contribution in [3.05, 3.63) is 107 Å². The van der Waals surface area contributed by atoms with Crippen LogP contribution in [0.5, 0.6) is 5.75 Å². The van der Waals surface area contributed by atoms with Gasteiger partial charge in [-0.3, -0.25) is 4.90 Å². The number of hydrogen-bond acceptors (Lipinski definition) is 5. The van der Waals surface area contributed by atoms with Gasteiger partial charge in [-0.25, -0.2) is 9.18 Å². The van der Waals surface area contributed by atoms with Crippen LogP contribution in [0.1, 0.15) is 42.5 Å². The topological polar surface area (TPSA) is 80.5 Å². The van der Waals surface area contributed by atoms with Crippen LogP contribution in [0, 0.1) is 5.82 Å². The number of amides is 2. The first-order valence-corrected chi connectivity index (χ1v) is 12.1. The van der Waals surface area contributed by atoms with Gasteiger partial charge < -0.3 is 14.6 Å². The van der Waals surface area contributed by atoms with E-state index in [2.05, 4.69) is 22.4 Å². The third-order valence-electron chi connectivity index (χ3n) is 6.58. The van der Waals surface area contributed by atoms with Crippen molar-refractivity contribution in [3.8, 4) is 17.1 Å². The minimum Gasteiger partial charge on any atom is -0.497 e. The molecule has 1 aliphatic heterocycles. The summed E-state index contributed by atoms with van der Waals surface area (Å²) in [6, 6.07) is 20.7. The molecular formula is C29H27FN4O3. The Balaban J connectivity index is 1.55. The molecule has 7 nitrogen and oxygen atoms in total. The lowest BCUT2D eigenvalue weighted by Gasteiger charge is -2.35. The molecule has 8 heteroatoms. The highest BCUT2D eigenvalue weighted by Crippen LogP contribution is 2.38. The summed E-state index contributed by atoms with van der Waals surface area (Å²) in [6.07, 6.45) is 0.937. The van der Waals surface area contributed by atoms with Crippen LogP contribution in [0.4, 0.5) is 9.18 Å². The Bertz CT molecular complexity index is 1430. The normalized spacial score (nSPS) is 15.6. The number of carbonyl (C=O) groups excluding carboxylic acids is 1. The van der Waals surface area contributed by atoms with E-state index in [1.54, 1.807) is 24.1 Å². The van der Waals surface area contributed by atoms with Crippen molar-refractivity contribution in [2.75, 3.05) is 7.11 Å². The van der Waals surface area contributed by atoms with Gasteiger partial charge in [-0.1, -0.05) is 60.6 Å². The van der Waals surface area contributed by atoms with Crippen LogP contribution in [-0.4, -0.2) is 28.2 Å². The van der Waals surface area contributed by atoms with E-state index in [1.165, 1.54) is 17.7 Å². The summed E-state index contributed by atoms with van der Waals surface area (Å²) in [5.41, 5.74) is 5.01. The fraction of sp³-hybridized carbons (Fsp3) is 0.207. The predicted molar refractivity (Wildman–Crippen MR) is 138 cm³/mol. The van der Waals surface area contributed by atoms with E-state index in [9.17, 15) is 9.18 Å². The first-order valence-electron chi connectivity index (χ1n) is 12.1. The molecule has 2 amide bonds. The highest BCUT2D eigenvalue weighted by molar-refractivity contribution is 5.86. The second-order valence-electron chi connectivity index (χ2n) is 8.84. The van der Waals surface area contributed by atoms with Crippen molar-refractivity contribution in [2.24, 2.45) is 0 Å². The Labute approximate surface area is 214 Å². The molecule has 4 aromatic rings. The summed E-state index contributed by atoms with van der Waals surface area (Å²) < 4.78 is 24.7. The molecule has 3 aromatic carbocycles. The number of urea groups is 1. The van der Waals surface area contributed by atoms with Crippen LogP contribution in [0.15, 0.2) is 83.0 Å². The standard InChI is InChI=1S/C29H27FN4O3/c1-4-19-5-9-22(10-6-19)27-32-28(37-33-27)25-18(2)34(17-20-7-15-24(36-3)16-8-20)29(35)31-26(25)21-11-13-23(30)14-12-21/h5-16,26H,4,17H2,1-3H3,(H,31,35). The van der Waals surface area contributed by atoms with Gasteiger partial charge in [0.05, 0.1) is 25.3 Å². The lowest BCUT2D eigenvalue weighted by atomic mass is 9.94. The maximum absolute atomic E-state index is 13.7. The smallest absolute Gasteiger partial charge is 0.322 e. The summed E-state index contributed by atoms with van der Waals surface area (Å²) in [5, 5.41) is 7.26. The molecule has 1 atom stereocenters. The number of halogens is 1. The van der Waals surface area contributed by atoms with Crippen molar-refractivity contribution in [3.63, 3.8) is 0 Å². The van der Waals surface area contributed by atoms with E-state index in [1.807, 2.05) is 55.5 Å². The molecule has 1 aliphatic rings. The van der Waals surface area contributed by atoms with Gasteiger partial charge in [0, 0.05) is 11.3 Å². The van der Waals surface area contributed by atoms with Crippen LogP contribution < -0.4 is 10.1 Å². The number of aryl methyl sites for hydroxylation is 1. The monoisotopic (exact) mass is 498 g/mol. The summed E-state index contributed by atoms with van der Waals surface area (Å²) >= 11 is 0. The Hall–Kier alpha value is -4.46. The minimum absolute atomic E-state index is 0.277. The van der Waals surface area contributed by atoms with Crippen LogP contribution in [0.25, 0.3) is 17.0 Å². The molecule has 1 unspecified atom stereocenters. The molecule has 2 heterocycles. The van der Waals surface area contributed by atoms with Crippen molar-refractivity contribution in [2.45, 2.75) is 32.9 Å². The average molecular weight is 499 g/mol. The summed E-state index contributed by atoms with van der Waals surface area (Å²) in [7, 11) is 1.61. The number of carbonyl (C=O) groups is 1. The molecule has 0 aliphatic carbocycles. The van der Waals surface area contributed by atoms with E-state index < -0.39 is 6.04 Å². The van der Waals surface area contributed by atoms with Crippen molar-refractivity contribution in [1.82, 2.24) is 20.4 Å². The molecule has 0 saturated carbocycles. The van der Waals surface area contributed by atoms with Crippen molar-refractivity contribution < 1.29 is 18.4 Å². The fourth-order valence-corrected chi connectivity index (χ4v) is 4.41. The van der Waals surface area contributed by atoms with Gasteiger partial charge in [0.1, 0.15) is 11.6 Å². The Morgan fingerprint density at radius 1 is 1.00 bits per heavy atom. The van der Waals surface area contributed by atoms with E-state index >= 15 is 0 Å². The van der Waals surface area contributed by atoms with Gasteiger partial charge in [0.15, 0.2) is 0 Å². The zero-order chi connectivity index (χ0) is 25.9. The lowest BCUT2D eigenvalue weighted by molar-refractivity contribution is 0.203. The fourth-order valence-electron chi connectivity index (χ4n) is 4.41. The summed E-state index contributed by atoms with van der Waals surface area (Å²) in [6.45, 7) is 4.29. The van der Waals surface area contributed by atoms with Gasteiger partial charge in [-0.15, -0.1) is 0 Å². The third kappa shape index (κ3) is 4.95. The molecule has 0 fully saturated rings. The van der Waals surface area contributed by atoms with Crippen LogP contribution in [0.2, 0.25) is 0 Å². The van der Waals surface area contributed by atoms with Gasteiger partial charge in [0.2, 0.25) is 5.82 Å². The number of rotatable bonds is 7. The highest BCUT2D eigenvalue weighted by Gasteiger charge is 2.35. The average Bonchev–Trinajstić information content (AvgIpc) is 3.41. The van der Waals surface area contributed by atoms with Crippen LogP contribution in [-0.2, 0) is 13.0 Å². The Kier molecular flexibility index (Phi) is 6.72. The first kappa shape index (κ1) is 24.2. The molecule has 37 heavy (non-hydrogen) atoms. The first-order chi connectivity index (χ1) is 18.0. The van der Waals surface area contributed by atoms with Gasteiger partial charge in [-0.2, -0.15) is 4.98 Å². The number of hydrogen-bond donors (Lipinski definition) is 1. The molecule has 0 spiro atoms. The highest BCUT2D eigenvalue weighted by atomic mass is 19.1. The van der Waals surface area contributed by atoms with Crippen molar-refractivity contribution in [1.29, 1.82) is 0 Å². The lowest BCUT2D eigenvalue weighted by Crippen LogP contribution is -2.45. The number of methoxy groups -OCH3 is 1. The summed E-state index contributed by atoms with van der Waals surface area (Å²) in [5.74, 6) is 1.13. The number of aromatic nitrogens is 2. The van der Waals surface area contributed by atoms with E-state index in [0.29, 0.717) is 35.1 Å². The molecular weight excluding hydrogens is 471 g/mol. The Morgan fingerprint density at radius 2 is 1.68 bits per heavy atom. The van der Waals surface area contributed by atoms with Crippen molar-refractivity contribution >= 4 is 11.6 Å². The largest absolute Gasteiger partial charge is 0.497 e. The molecule has 0 radical (unpaired) electrons. The molecule has 188 valence electrons. The molecule has 0 bridgehead atoms. The Morgan fingerprint density at radius 3 is 2.32 bits per heavy atom. The zero-order valence-electron chi connectivity index (χ0n) is 20.9. The van der Waals surface area contributed by atoms with Gasteiger partial charge >= 0.3 is 6.03 Å². The van der Waals surface area contributed by atoms with Crippen LogP contribution in [0.3, 0.4) is 0 Å². The summed E-state index contributed by atoms with van der Waals surface area (Å²) in [4.78, 5) is 19.6. The maximum Gasteiger partial charge on any atom is 0.322 e. The number of nitrogens with zero attached hydrogens (tertiary/aromatic N) is 3. The molecule has 1 aromatic heterocycles. The van der Waals surface area contributed by atoms with E-state index in [0.717, 1.165) is 23.3 Å². The minimum atomic E-state index is -0.587. The number of nitrogens with one attached hydrogen (secondary N) is 1. The number of benzene rings is 3. The van der Waals surface area contributed by atoms with E-state index in [-0.39, 0.29) is 11.8 Å². The number of ether oxygens (including phenoxy) is 1. The third-order valence-corrected chi connectivity index (χ3v) is 6.58. The molecule has 5 rings (SSSR count). The van der Waals surface area contributed by atoms with Gasteiger partial charge in [-0.05, 0) is 54.3 Å². The molecule has 0 saturated heterocycles. The molecule has 1 N–H and O–H groups in total. The van der Waals surface area contributed by atoms with Gasteiger partial charge in [0.25, 0.3) is 5.89 Å². The quantitative estimate of drug-likeness (QED) is 0.331. The predicted octanol–water partition coefficient (Wildman–Crippen LogP) is 6.14. The zero-order valence-corrected chi connectivity index (χ0v) is 20.9.